The second-order valence-electron chi connectivity index (χ2n) is 3.84. The number of hydrogen-bond donors (Lipinski definition) is 2. The third-order valence-electron chi connectivity index (χ3n) is 2.14. The maximum absolute atomic E-state index is 13.0. The SMILES string of the molecule is CN(C)c1nc(NN)nc(Oc2cccc(F)c2)n1. The Morgan fingerprint density at radius 1 is 1.26 bits per heavy atom. The number of nitrogens with zero attached hydrogens (tertiary/aromatic N) is 4. The van der Waals surface area contributed by atoms with Crippen LogP contribution in [0.25, 0.3) is 0 Å². The topological polar surface area (TPSA) is 89.2 Å². The number of nitrogens with two attached hydrogens (primary N) is 1. The minimum Gasteiger partial charge on any atom is -0.424 e. The standard InChI is InChI=1S/C11H13FN6O/c1-18(2)10-14-9(17-13)15-11(16-10)19-8-5-3-4-7(12)6-8/h3-6H,13H2,1-2H3,(H,14,15,16,17). The molecule has 2 aromatic rings. The van der Waals surface area contributed by atoms with Crippen molar-refractivity contribution in [1.82, 2.24) is 15.0 Å². The highest BCUT2D eigenvalue weighted by atomic mass is 19.1. The highest BCUT2D eigenvalue weighted by Crippen LogP contribution is 2.20. The third kappa shape index (κ3) is 3.26. The van der Waals surface area contributed by atoms with Crippen LogP contribution in [0.5, 0.6) is 11.8 Å². The van der Waals surface area contributed by atoms with E-state index < -0.39 is 5.82 Å². The van der Waals surface area contributed by atoms with Crippen molar-refractivity contribution in [2.75, 3.05) is 24.4 Å². The first-order chi connectivity index (χ1) is 9.08. The Bertz CT molecular complexity index is 577. The second kappa shape index (κ2) is 5.44. The smallest absolute Gasteiger partial charge is 0.328 e. The van der Waals surface area contributed by atoms with Gasteiger partial charge in [0.25, 0.3) is 0 Å². The molecule has 0 amide bonds. The molecule has 0 radical (unpaired) electrons. The zero-order valence-electron chi connectivity index (χ0n) is 10.5. The highest BCUT2D eigenvalue weighted by Gasteiger charge is 2.09. The van der Waals surface area contributed by atoms with Crippen LogP contribution in [0.1, 0.15) is 0 Å². The number of hydrazine groups is 1. The summed E-state index contributed by atoms with van der Waals surface area (Å²) in [6.45, 7) is 0. The lowest BCUT2D eigenvalue weighted by Crippen LogP contribution is -2.17. The van der Waals surface area contributed by atoms with E-state index in [1.807, 2.05) is 0 Å². The quantitative estimate of drug-likeness (QED) is 0.632. The first-order valence-corrected chi connectivity index (χ1v) is 5.42. The molecule has 0 unspecified atom stereocenters. The Kier molecular flexibility index (Phi) is 3.71. The molecule has 0 spiro atoms. The van der Waals surface area contributed by atoms with E-state index in [0.29, 0.717) is 11.7 Å². The zero-order valence-corrected chi connectivity index (χ0v) is 10.5. The molecular weight excluding hydrogens is 251 g/mol. The molecule has 0 aliphatic carbocycles. The van der Waals surface area contributed by atoms with Gasteiger partial charge in [-0.1, -0.05) is 6.07 Å². The molecule has 1 heterocycles. The molecule has 0 bridgehead atoms. The highest BCUT2D eigenvalue weighted by molar-refractivity contribution is 5.37. The summed E-state index contributed by atoms with van der Waals surface area (Å²) in [5.41, 5.74) is 2.32. The van der Waals surface area contributed by atoms with Gasteiger partial charge in [-0.05, 0) is 12.1 Å². The molecule has 100 valence electrons. The maximum atomic E-state index is 13.0. The summed E-state index contributed by atoms with van der Waals surface area (Å²) in [6, 6.07) is 5.70. The van der Waals surface area contributed by atoms with Crippen LogP contribution in [-0.2, 0) is 0 Å². The van der Waals surface area contributed by atoms with Crippen LogP contribution in [0, 0.1) is 5.82 Å². The molecule has 7 nitrogen and oxygen atoms in total. The molecule has 0 atom stereocenters. The Hall–Kier alpha value is -2.48. The molecule has 8 heteroatoms. The van der Waals surface area contributed by atoms with E-state index in [4.69, 9.17) is 10.6 Å². The van der Waals surface area contributed by atoms with Crippen LogP contribution in [0.3, 0.4) is 0 Å². The van der Waals surface area contributed by atoms with Crippen molar-refractivity contribution >= 4 is 11.9 Å². The van der Waals surface area contributed by atoms with Gasteiger partial charge in [-0.3, -0.25) is 5.43 Å². The summed E-state index contributed by atoms with van der Waals surface area (Å²) < 4.78 is 18.4. The van der Waals surface area contributed by atoms with Gasteiger partial charge >= 0.3 is 6.01 Å². The third-order valence-corrected chi connectivity index (χ3v) is 2.14. The van der Waals surface area contributed by atoms with Crippen LogP contribution in [0.15, 0.2) is 24.3 Å². The Balaban J connectivity index is 2.31. The van der Waals surface area contributed by atoms with Crippen molar-refractivity contribution in [3.8, 4) is 11.8 Å². The number of ether oxygens (including phenoxy) is 1. The van der Waals surface area contributed by atoms with Gasteiger partial charge in [0.1, 0.15) is 11.6 Å². The van der Waals surface area contributed by atoms with Gasteiger partial charge in [-0.2, -0.15) is 15.0 Å². The lowest BCUT2D eigenvalue weighted by molar-refractivity contribution is 0.436. The number of nitrogen functional groups attached to an aromatic ring is 1. The monoisotopic (exact) mass is 264 g/mol. The van der Waals surface area contributed by atoms with Crippen LogP contribution in [0.4, 0.5) is 16.3 Å². The van der Waals surface area contributed by atoms with E-state index in [0.717, 1.165) is 0 Å². The summed E-state index contributed by atoms with van der Waals surface area (Å²) in [5, 5.41) is 0. The summed E-state index contributed by atoms with van der Waals surface area (Å²) >= 11 is 0. The van der Waals surface area contributed by atoms with Crippen LogP contribution in [-0.4, -0.2) is 29.0 Å². The average molecular weight is 264 g/mol. The molecule has 0 fully saturated rings. The normalized spacial score (nSPS) is 10.1. The van der Waals surface area contributed by atoms with Crippen molar-refractivity contribution in [2.24, 2.45) is 5.84 Å². The number of nitrogens with one attached hydrogen (secondary N) is 1. The average Bonchev–Trinajstić information content (AvgIpc) is 2.38. The molecule has 0 aliphatic rings. The Morgan fingerprint density at radius 2 is 2.05 bits per heavy atom. The van der Waals surface area contributed by atoms with Crippen LogP contribution >= 0.6 is 0 Å². The number of hydrogen-bond acceptors (Lipinski definition) is 7. The number of benzene rings is 1. The van der Waals surface area contributed by atoms with Crippen molar-refractivity contribution in [3.63, 3.8) is 0 Å². The fourth-order valence-electron chi connectivity index (χ4n) is 1.29. The number of halogens is 1. The fraction of sp³-hybridized carbons (Fsp3) is 0.182. The number of rotatable bonds is 4. The van der Waals surface area contributed by atoms with E-state index in [9.17, 15) is 4.39 Å². The van der Waals surface area contributed by atoms with E-state index in [1.54, 1.807) is 25.1 Å². The molecule has 19 heavy (non-hydrogen) atoms. The summed E-state index contributed by atoms with van der Waals surface area (Å²) in [6.07, 6.45) is 0. The van der Waals surface area contributed by atoms with Gasteiger partial charge in [0.15, 0.2) is 0 Å². The van der Waals surface area contributed by atoms with Crippen molar-refractivity contribution in [3.05, 3.63) is 30.1 Å². The van der Waals surface area contributed by atoms with Gasteiger partial charge in [-0.25, -0.2) is 10.2 Å². The Morgan fingerprint density at radius 3 is 2.68 bits per heavy atom. The molecular formula is C11H13FN6O. The first-order valence-electron chi connectivity index (χ1n) is 5.42. The molecule has 3 N–H and O–H groups in total. The van der Waals surface area contributed by atoms with Gasteiger partial charge in [0, 0.05) is 20.2 Å². The van der Waals surface area contributed by atoms with Crippen molar-refractivity contribution in [2.45, 2.75) is 0 Å². The molecule has 0 aliphatic heterocycles. The number of aromatic nitrogens is 3. The largest absolute Gasteiger partial charge is 0.424 e. The van der Waals surface area contributed by atoms with E-state index in [-0.39, 0.29) is 12.0 Å². The van der Waals surface area contributed by atoms with Crippen molar-refractivity contribution < 1.29 is 9.13 Å². The summed E-state index contributed by atoms with van der Waals surface area (Å²) in [4.78, 5) is 13.7. The summed E-state index contributed by atoms with van der Waals surface area (Å²) in [5.74, 6) is 5.68. The van der Waals surface area contributed by atoms with Gasteiger partial charge in [0.2, 0.25) is 11.9 Å². The second-order valence-corrected chi connectivity index (χ2v) is 3.84. The molecule has 0 saturated carbocycles. The molecule has 1 aromatic carbocycles. The van der Waals surface area contributed by atoms with E-state index in [1.165, 1.54) is 18.2 Å². The van der Waals surface area contributed by atoms with Gasteiger partial charge in [0.05, 0.1) is 0 Å². The van der Waals surface area contributed by atoms with Gasteiger partial charge < -0.3 is 9.64 Å². The molecule has 1 aromatic heterocycles. The first kappa shape index (κ1) is 13.0. The van der Waals surface area contributed by atoms with E-state index in [2.05, 4.69) is 20.4 Å². The van der Waals surface area contributed by atoms with Crippen LogP contribution in [0.2, 0.25) is 0 Å². The maximum Gasteiger partial charge on any atom is 0.328 e. The Labute approximate surface area is 109 Å². The van der Waals surface area contributed by atoms with Gasteiger partial charge in [-0.15, -0.1) is 0 Å². The molecule has 0 saturated heterocycles. The summed E-state index contributed by atoms with van der Waals surface area (Å²) in [7, 11) is 3.53. The van der Waals surface area contributed by atoms with E-state index >= 15 is 0 Å². The zero-order chi connectivity index (χ0) is 13.8. The van der Waals surface area contributed by atoms with Crippen LogP contribution < -0.4 is 20.9 Å². The lowest BCUT2D eigenvalue weighted by atomic mass is 10.3. The molecule has 2 rings (SSSR count). The minimum absolute atomic E-state index is 0.0252. The predicted octanol–water partition coefficient (Wildman–Crippen LogP) is 1.15. The fourth-order valence-corrected chi connectivity index (χ4v) is 1.29. The van der Waals surface area contributed by atoms with Crippen molar-refractivity contribution in [1.29, 1.82) is 0 Å². The lowest BCUT2D eigenvalue weighted by Gasteiger charge is -2.12. The number of anilines is 2. The predicted molar refractivity (Wildman–Crippen MR) is 68.4 cm³/mol. The minimum atomic E-state index is -0.406.